The average Bonchev–Trinajstić information content (AvgIpc) is 3.06. The Balaban J connectivity index is 0.00000576. The van der Waals surface area contributed by atoms with Crippen LogP contribution in [0.5, 0.6) is 23.0 Å². The van der Waals surface area contributed by atoms with E-state index in [2.05, 4.69) is 0 Å². The van der Waals surface area contributed by atoms with Gasteiger partial charge < -0.3 is 48.0 Å². The summed E-state index contributed by atoms with van der Waals surface area (Å²) >= 11 is 0. The van der Waals surface area contributed by atoms with Crippen molar-refractivity contribution >= 4 is 40.1 Å². The Morgan fingerprint density at radius 3 is 1.96 bits per heavy atom. The molecule has 0 aliphatic heterocycles. The molecule has 0 bridgehead atoms. The van der Waals surface area contributed by atoms with Crippen LogP contribution >= 0.6 is 12.4 Å². The molecule has 14 heteroatoms. The van der Waals surface area contributed by atoms with Gasteiger partial charge in [-0.3, -0.25) is 9.59 Å². The predicted octanol–water partition coefficient (Wildman–Crippen LogP) is 4.13. The van der Waals surface area contributed by atoms with Crippen LogP contribution in [-0.4, -0.2) is 86.7 Å². The maximum Gasteiger partial charge on any atom is 0.319 e. The van der Waals surface area contributed by atoms with Crippen LogP contribution in [0, 0.1) is 5.82 Å². The van der Waals surface area contributed by atoms with Crippen LogP contribution in [0.2, 0.25) is 0 Å². The molecule has 0 spiro atoms. The zero-order valence-electron chi connectivity index (χ0n) is 25.8. The number of hydrogen-bond donors (Lipinski definition) is 1. The maximum atomic E-state index is 14.3. The Morgan fingerprint density at radius 1 is 0.783 bits per heavy atom. The number of carbonyl (C=O) groups is 1. The molecular formula is C32H37ClFNO11. The average molecular weight is 666 g/mol. The lowest BCUT2D eigenvalue weighted by Crippen LogP contribution is -2.19. The largest absolute Gasteiger partial charge is 0.496 e. The molecule has 1 heterocycles. The van der Waals surface area contributed by atoms with E-state index < -0.39 is 17.2 Å². The topological polar surface area (TPSA) is 147 Å². The fourth-order valence-corrected chi connectivity index (χ4v) is 4.56. The van der Waals surface area contributed by atoms with Gasteiger partial charge in [0, 0.05) is 5.56 Å². The molecule has 0 fully saturated rings. The molecule has 0 atom stereocenters. The SMILES string of the molecule is COc1ccc(OC)c2c1c(OC)cc1c(=O)c(OCCOCCOCCOCCOC(=O)CN)c(-c3cccc(F)c3)oc12.Cl. The van der Waals surface area contributed by atoms with Crippen molar-refractivity contribution in [1.82, 2.24) is 0 Å². The molecule has 0 radical (unpaired) electrons. The van der Waals surface area contributed by atoms with E-state index in [1.165, 1.54) is 39.5 Å². The third-order valence-corrected chi connectivity index (χ3v) is 6.61. The number of ether oxygens (including phenoxy) is 8. The summed E-state index contributed by atoms with van der Waals surface area (Å²) in [5.74, 6) is 0.219. The maximum absolute atomic E-state index is 14.3. The molecular weight excluding hydrogens is 629 g/mol. The normalized spacial score (nSPS) is 10.9. The molecule has 0 saturated heterocycles. The second kappa shape index (κ2) is 18.1. The van der Waals surface area contributed by atoms with Gasteiger partial charge in [-0.05, 0) is 30.3 Å². The summed E-state index contributed by atoms with van der Waals surface area (Å²) in [6.07, 6.45) is 0. The van der Waals surface area contributed by atoms with Gasteiger partial charge in [0.1, 0.15) is 36.3 Å². The van der Waals surface area contributed by atoms with Gasteiger partial charge in [0.15, 0.2) is 11.3 Å². The number of benzene rings is 3. The number of methoxy groups -OCH3 is 3. The first-order chi connectivity index (χ1) is 21.9. The molecule has 0 saturated carbocycles. The highest BCUT2D eigenvalue weighted by atomic mass is 35.5. The van der Waals surface area contributed by atoms with E-state index in [0.29, 0.717) is 53.4 Å². The molecule has 4 rings (SSSR count). The van der Waals surface area contributed by atoms with Crippen molar-refractivity contribution in [3.05, 3.63) is 58.5 Å². The first-order valence-electron chi connectivity index (χ1n) is 14.1. The third-order valence-electron chi connectivity index (χ3n) is 6.61. The van der Waals surface area contributed by atoms with Crippen molar-refractivity contribution in [3.8, 4) is 34.3 Å². The van der Waals surface area contributed by atoms with Crippen molar-refractivity contribution in [2.45, 2.75) is 0 Å². The lowest BCUT2D eigenvalue weighted by Gasteiger charge is -2.17. The Morgan fingerprint density at radius 2 is 1.37 bits per heavy atom. The number of rotatable bonds is 18. The monoisotopic (exact) mass is 665 g/mol. The number of fused-ring (bicyclic) bond motifs is 3. The Labute approximate surface area is 270 Å². The molecule has 2 N–H and O–H groups in total. The van der Waals surface area contributed by atoms with E-state index in [0.717, 1.165) is 0 Å². The summed E-state index contributed by atoms with van der Waals surface area (Å²) in [7, 11) is 4.50. The zero-order valence-corrected chi connectivity index (χ0v) is 26.6. The quantitative estimate of drug-likeness (QED) is 0.0926. The third kappa shape index (κ3) is 8.77. The van der Waals surface area contributed by atoms with Crippen molar-refractivity contribution in [3.63, 3.8) is 0 Å². The summed E-state index contributed by atoms with van der Waals surface area (Å²) in [6.45, 7) is 1.57. The Hall–Kier alpha value is -4.14. The van der Waals surface area contributed by atoms with Gasteiger partial charge in [-0.15, -0.1) is 12.4 Å². The van der Waals surface area contributed by atoms with Gasteiger partial charge >= 0.3 is 5.97 Å². The molecule has 0 unspecified atom stereocenters. The minimum absolute atomic E-state index is 0. The van der Waals surface area contributed by atoms with Crippen LogP contribution in [0.4, 0.5) is 4.39 Å². The smallest absolute Gasteiger partial charge is 0.319 e. The lowest BCUT2D eigenvalue weighted by molar-refractivity contribution is -0.143. The number of esters is 1. The molecule has 3 aromatic carbocycles. The van der Waals surface area contributed by atoms with Gasteiger partial charge in [-0.1, -0.05) is 12.1 Å². The van der Waals surface area contributed by atoms with Crippen LogP contribution < -0.4 is 30.1 Å². The van der Waals surface area contributed by atoms with Crippen molar-refractivity contribution < 1.29 is 51.5 Å². The molecule has 1 aromatic heterocycles. The van der Waals surface area contributed by atoms with Crippen LogP contribution in [-0.2, 0) is 23.7 Å². The van der Waals surface area contributed by atoms with Crippen molar-refractivity contribution in [1.29, 1.82) is 0 Å². The van der Waals surface area contributed by atoms with Crippen molar-refractivity contribution in [2.24, 2.45) is 5.73 Å². The molecule has 250 valence electrons. The minimum Gasteiger partial charge on any atom is -0.496 e. The molecule has 12 nitrogen and oxygen atoms in total. The van der Waals surface area contributed by atoms with E-state index in [9.17, 15) is 14.0 Å². The second-order valence-corrected chi connectivity index (χ2v) is 9.39. The van der Waals surface area contributed by atoms with E-state index in [4.69, 9.17) is 48.0 Å². The second-order valence-electron chi connectivity index (χ2n) is 9.39. The molecule has 4 aromatic rings. The van der Waals surface area contributed by atoms with Gasteiger partial charge in [-0.2, -0.15) is 0 Å². The van der Waals surface area contributed by atoms with Crippen LogP contribution in [0.25, 0.3) is 33.1 Å². The number of carbonyl (C=O) groups excluding carboxylic acids is 1. The minimum atomic E-state index is -0.510. The lowest BCUT2D eigenvalue weighted by atomic mass is 10.0. The standard InChI is InChI=1S/C32H36FNO11.ClH/c1-37-23-7-8-24(38-2)28-27(23)25(39-3)18-22-29(36)32(30(45-31(22)28)20-5-4-6-21(33)17-20)44-16-14-42-12-10-40-9-11-41-13-15-43-26(35)19-34;/h4-8,17-18H,9-16,19,34H2,1-3H3;1H. The van der Waals surface area contributed by atoms with E-state index in [1.807, 2.05) is 0 Å². The highest BCUT2D eigenvalue weighted by Gasteiger charge is 2.24. The number of hydrogen-bond acceptors (Lipinski definition) is 12. The van der Waals surface area contributed by atoms with Crippen LogP contribution in [0.3, 0.4) is 0 Å². The Kier molecular flexibility index (Phi) is 14.3. The fourth-order valence-electron chi connectivity index (χ4n) is 4.56. The first-order valence-corrected chi connectivity index (χ1v) is 14.1. The summed E-state index contributed by atoms with van der Waals surface area (Å²) < 4.78 is 64.5. The van der Waals surface area contributed by atoms with Gasteiger partial charge in [-0.25, -0.2) is 4.39 Å². The number of nitrogens with two attached hydrogens (primary N) is 1. The molecule has 46 heavy (non-hydrogen) atoms. The molecule has 0 amide bonds. The highest BCUT2D eigenvalue weighted by molar-refractivity contribution is 6.13. The van der Waals surface area contributed by atoms with Gasteiger partial charge in [0.05, 0.1) is 83.7 Å². The number of halogens is 2. The molecule has 0 aliphatic rings. The van der Waals surface area contributed by atoms with Crippen LogP contribution in [0.1, 0.15) is 0 Å². The fraction of sp³-hybridized carbons (Fsp3) is 0.375. The highest BCUT2D eigenvalue weighted by Crippen LogP contribution is 2.45. The van der Waals surface area contributed by atoms with Gasteiger partial charge in [0.2, 0.25) is 11.2 Å². The summed E-state index contributed by atoms with van der Waals surface area (Å²) in [4.78, 5) is 24.9. The van der Waals surface area contributed by atoms with E-state index in [-0.39, 0.29) is 74.5 Å². The summed E-state index contributed by atoms with van der Waals surface area (Å²) in [5.41, 5.74) is 5.18. The Bertz CT molecular complexity index is 1660. The summed E-state index contributed by atoms with van der Waals surface area (Å²) in [5, 5.41) is 1.18. The predicted molar refractivity (Wildman–Crippen MR) is 170 cm³/mol. The van der Waals surface area contributed by atoms with E-state index >= 15 is 0 Å². The van der Waals surface area contributed by atoms with Crippen LogP contribution in [0.15, 0.2) is 51.7 Å². The van der Waals surface area contributed by atoms with E-state index in [1.54, 1.807) is 24.3 Å². The van der Waals surface area contributed by atoms with Gasteiger partial charge in [0.25, 0.3) is 0 Å². The van der Waals surface area contributed by atoms with Crippen molar-refractivity contribution in [2.75, 3.05) is 80.7 Å². The molecule has 0 aliphatic carbocycles. The summed E-state index contributed by atoms with van der Waals surface area (Å²) in [6, 6.07) is 10.7. The first kappa shape index (κ1) is 36.3. The zero-order chi connectivity index (χ0) is 32.2.